The molecule has 0 aliphatic carbocycles. The SMILES string of the molecule is NC(=O)C(O)C(O)c1ccc(OC(F)F)c(OC(F)F)c1. The van der Waals surface area contributed by atoms with E-state index in [1.54, 1.807) is 0 Å². The van der Waals surface area contributed by atoms with E-state index in [-0.39, 0.29) is 5.56 Å². The van der Waals surface area contributed by atoms with Crippen molar-refractivity contribution in [2.24, 2.45) is 5.73 Å². The van der Waals surface area contributed by atoms with Crippen LogP contribution in [0.1, 0.15) is 11.7 Å². The summed E-state index contributed by atoms with van der Waals surface area (Å²) in [6.07, 6.45) is -3.85. The average molecular weight is 313 g/mol. The summed E-state index contributed by atoms with van der Waals surface area (Å²) in [6.45, 7) is -6.62. The van der Waals surface area contributed by atoms with Crippen molar-refractivity contribution in [3.63, 3.8) is 0 Å². The van der Waals surface area contributed by atoms with Gasteiger partial charge in [-0.15, -0.1) is 0 Å². The molecule has 0 aliphatic heterocycles. The van der Waals surface area contributed by atoms with Crippen molar-refractivity contribution in [2.75, 3.05) is 0 Å². The molecule has 1 rings (SSSR count). The van der Waals surface area contributed by atoms with Gasteiger partial charge in [0.25, 0.3) is 0 Å². The highest BCUT2D eigenvalue weighted by atomic mass is 19.3. The Morgan fingerprint density at radius 3 is 2.05 bits per heavy atom. The van der Waals surface area contributed by atoms with Crippen LogP contribution >= 0.6 is 0 Å². The van der Waals surface area contributed by atoms with E-state index in [0.29, 0.717) is 0 Å². The summed E-state index contributed by atoms with van der Waals surface area (Å²) in [6, 6.07) is 2.52. The van der Waals surface area contributed by atoms with Crippen molar-refractivity contribution in [1.29, 1.82) is 0 Å². The first kappa shape index (κ1) is 17.0. The molecule has 0 radical (unpaired) electrons. The Morgan fingerprint density at radius 1 is 1.05 bits per heavy atom. The Bertz CT molecular complexity index is 500. The highest BCUT2D eigenvalue weighted by Crippen LogP contribution is 2.33. The zero-order chi connectivity index (χ0) is 16.2. The maximum atomic E-state index is 12.2. The van der Waals surface area contributed by atoms with Crippen molar-refractivity contribution >= 4 is 5.91 Å². The Balaban J connectivity index is 3.11. The van der Waals surface area contributed by atoms with Crippen LogP contribution in [0.2, 0.25) is 0 Å². The normalized spacial score (nSPS) is 14.1. The van der Waals surface area contributed by atoms with Gasteiger partial charge in [0, 0.05) is 0 Å². The van der Waals surface area contributed by atoms with Crippen LogP contribution in [0.5, 0.6) is 11.5 Å². The number of amides is 1. The number of aliphatic hydroxyl groups excluding tert-OH is 2. The molecule has 0 fully saturated rings. The standard InChI is InChI=1S/C11H11F4NO5/c12-10(13)20-5-2-1-4(3-6(5)21-11(14)15)7(17)8(18)9(16)19/h1-3,7-8,10-11,17-18H,(H2,16,19). The molecule has 1 amide bonds. The largest absolute Gasteiger partial charge is 0.431 e. The third kappa shape index (κ3) is 4.76. The molecule has 1 aromatic carbocycles. The Kier molecular flexibility index (Phi) is 5.73. The van der Waals surface area contributed by atoms with E-state index >= 15 is 0 Å². The lowest BCUT2D eigenvalue weighted by atomic mass is 10.0. The van der Waals surface area contributed by atoms with Crippen LogP contribution in [0.4, 0.5) is 17.6 Å². The number of carbonyl (C=O) groups is 1. The molecule has 0 aliphatic rings. The van der Waals surface area contributed by atoms with Crippen LogP contribution in [-0.2, 0) is 4.79 Å². The number of primary amides is 1. The zero-order valence-electron chi connectivity index (χ0n) is 10.2. The molecule has 6 nitrogen and oxygen atoms in total. The second-order valence-corrected chi connectivity index (χ2v) is 3.76. The van der Waals surface area contributed by atoms with Crippen LogP contribution < -0.4 is 15.2 Å². The maximum absolute atomic E-state index is 12.2. The fourth-order valence-electron chi connectivity index (χ4n) is 1.43. The second kappa shape index (κ2) is 7.09. The number of nitrogens with two attached hydrogens (primary N) is 1. The van der Waals surface area contributed by atoms with Gasteiger partial charge >= 0.3 is 13.2 Å². The minimum atomic E-state index is -3.33. The average Bonchev–Trinajstić information content (AvgIpc) is 2.37. The number of benzene rings is 1. The van der Waals surface area contributed by atoms with Gasteiger partial charge in [0.2, 0.25) is 5.91 Å². The summed E-state index contributed by atoms with van der Waals surface area (Å²) < 4.78 is 56.6. The van der Waals surface area contributed by atoms with Gasteiger partial charge in [0.1, 0.15) is 6.10 Å². The van der Waals surface area contributed by atoms with Gasteiger partial charge in [-0.2, -0.15) is 17.6 Å². The first-order valence-electron chi connectivity index (χ1n) is 5.41. The van der Waals surface area contributed by atoms with Crippen molar-refractivity contribution in [1.82, 2.24) is 0 Å². The number of carbonyl (C=O) groups excluding carboxylic acids is 1. The number of halogens is 4. The molecule has 0 saturated carbocycles. The van der Waals surface area contributed by atoms with Gasteiger partial charge in [-0.25, -0.2) is 0 Å². The lowest BCUT2D eigenvalue weighted by Gasteiger charge is -2.18. The highest BCUT2D eigenvalue weighted by Gasteiger charge is 2.25. The molecule has 0 heterocycles. The third-order valence-corrected chi connectivity index (χ3v) is 2.33. The Labute approximate surface area is 115 Å². The maximum Gasteiger partial charge on any atom is 0.387 e. The van der Waals surface area contributed by atoms with Crippen LogP contribution in [-0.4, -0.2) is 35.4 Å². The predicted octanol–water partition coefficient (Wildman–Crippen LogP) is 0.769. The van der Waals surface area contributed by atoms with E-state index in [9.17, 15) is 32.6 Å². The van der Waals surface area contributed by atoms with E-state index in [4.69, 9.17) is 5.73 Å². The summed E-state index contributed by atoms with van der Waals surface area (Å²) in [7, 11) is 0. The molecule has 0 bridgehead atoms. The minimum Gasteiger partial charge on any atom is -0.431 e. The molecular formula is C11H11F4NO5. The van der Waals surface area contributed by atoms with Gasteiger partial charge in [-0.3, -0.25) is 4.79 Å². The number of hydrogen-bond acceptors (Lipinski definition) is 5. The summed E-state index contributed by atoms with van der Waals surface area (Å²) in [5.41, 5.74) is 4.51. The van der Waals surface area contributed by atoms with Crippen molar-refractivity contribution < 1.29 is 42.0 Å². The number of rotatable bonds is 7. The van der Waals surface area contributed by atoms with Gasteiger partial charge in [-0.05, 0) is 17.7 Å². The molecule has 10 heteroatoms. The Morgan fingerprint density at radius 2 is 1.57 bits per heavy atom. The van der Waals surface area contributed by atoms with Gasteiger partial charge in [0.15, 0.2) is 17.6 Å². The summed E-state index contributed by atoms with van der Waals surface area (Å²) in [4.78, 5) is 10.7. The topological polar surface area (TPSA) is 102 Å². The fraction of sp³-hybridized carbons (Fsp3) is 0.364. The monoisotopic (exact) mass is 313 g/mol. The van der Waals surface area contributed by atoms with Crippen LogP contribution in [0, 0.1) is 0 Å². The smallest absolute Gasteiger partial charge is 0.387 e. The zero-order valence-corrected chi connectivity index (χ0v) is 10.2. The first-order chi connectivity index (χ1) is 9.72. The molecule has 0 spiro atoms. The van der Waals surface area contributed by atoms with E-state index in [2.05, 4.69) is 9.47 Å². The minimum absolute atomic E-state index is 0.251. The van der Waals surface area contributed by atoms with E-state index in [1.807, 2.05) is 0 Å². The third-order valence-electron chi connectivity index (χ3n) is 2.33. The van der Waals surface area contributed by atoms with Crippen LogP contribution in [0.15, 0.2) is 18.2 Å². The number of ether oxygens (including phenoxy) is 2. The van der Waals surface area contributed by atoms with Gasteiger partial charge in [0.05, 0.1) is 0 Å². The molecule has 0 aromatic heterocycles. The van der Waals surface area contributed by atoms with Crippen LogP contribution in [0.25, 0.3) is 0 Å². The van der Waals surface area contributed by atoms with Crippen molar-refractivity contribution in [2.45, 2.75) is 25.4 Å². The van der Waals surface area contributed by atoms with E-state index in [0.717, 1.165) is 18.2 Å². The summed E-state index contributed by atoms with van der Waals surface area (Å²) >= 11 is 0. The lowest BCUT2D eigenvalue weighted by molar-refractivity contribution is -0.132. The number of alkyl halides is 4. The first-order valence-corrected chi connectivity index (χ1v) is 5.41. The molecule has 1 aromatic rings. The Hall–Kier alpha value is -2.07. The molecule has 118 valence electrons. The predicted molar refractivity (Wildman–Crippen MR) is 59.9 cm³/mol. The van der Waals surface area contributed by atoms with Gasteiger partial charge in [-0.1, -0.05) is 6.07 Å². The van der Waals surface area contributed by atoms with Crippen molar-refractivity contribution in [3.05, 3.63) is 23.8 Å². The molecule has 4 N–H and O–H groups in total. The quantitative estimate of drug-likeness (QED) is 0.645. The molecule has 2 unspecified atom stereocenters. The lowest BCUT2D eigenvalue weighted by Crippen LogP contribution is -2.33. The van der Waals surface area contributed by atoms with Crippen LogP contribution in [0.3, 0.4) is 0 Å². The van der Waals surface area contributed by atoms with E-state index in [1.165, 1.54) is 0 Å². The second-order valence-electron chi connectivity index (χ2n) is 3.76. The fourth-order valence-corrected chi connectivity index (χ4v) is 1.43. The number of hydrogen-bond donors (Lipinski definition) is 3. The molecular weight excluding hydrogens is 302 g/mol. The molecule has 21 heavy (non-hydrogen) atoms. The van der Waals surface area contributed by atoms with Crippen molar-refractivity contribution in [3.8, 4) is 11.5 Å². The van der Waals surface area contributed by atoms with Gasteiger partial charge < -0.3 is 25.4 Å². The van der Waals surface area contributed by atoms with E-state index < -0.39 is 42.8 Å². The summed E-state index contributed by atoms with van der Waals surface area (Å²) in [5, 5.41) is 18.9. The molecule has 2 atom stereocenters. The number of aliphatic hydroxyl groups is 2. The summed E-state index contributed by atoms with van der Waals surface area (Å²) in [5.74, 6) is -2.75. The molecule has 0 saturated heterocycles. The highest BCUT2D eigenvalue weighted by molar-refractivity contribution is 5.79.